The third kappa shape index (κ3) is 4.51. The van der Waals surface area contributed by atoms with Crippen molar-refractivity contribution in [3.05, 3.63) is 46.4 Å². The quantitative estimate of drug-likeness (QED) is 0.814. The van der Waals surface area contributed by atoms with Gasteiger partial charge in [-0.1, -0.05) is 18.2 Å². The van der Waals surface area contributed by atoms with Crippen LogP contribution in [0.2, 0.25) is 0 Å². The summed E-state index contributed by atoms with van der Waals surface area (Å²) in [5.74, 6) is 0.851. The van der Waals surface area contributed by atoms with Gasteiger partial charge in [-0.3, -0.25) is 0 Å². The Morgan fingerprint density at radius 3 is 2.78 bits per heavy atom. The van der Waals surface area contributed by atoms with Gasteiger partial charge in [0.05, 0.1) is 12.3 Å². The maximum absolute atomic E-state index is 9.68. The molecule has 1 saturated heterocycles. The molecular formula is C17H22N2O3S. The van der Waals surface area contributed by atoms with Crippen LogP contribution in [0.4, 0.5) is 0 Å². The molecule has 0 radical (unpaired) electrons. The molecule has 1 fully saturated rings. The summed E-state index contributed by atoms with van der Waals surface area (Å²) in [5, 5.41) is 16.1. The van der Waals surface area contributed by atoms with Crippen molar-refractivity contribution in [3.8, 4) is 5.75 Å². The summed E-state index contributed by atoms with van der Waals surface area (Å²) >= 11 is 1.60. The minimum absolute atomic E-state index is 0.129. The average molecular weight is 334 g/mol. The van der Waals surface area contributed by atoms with Crippen LogP contribution in [0.15, 0.2) is 35.7 Å². The zero-order chi connectivity index (χ0) is 16.0. The summed E-state index contributed by atoms with van der Waals surface area (Å²) in [4.78, 5) is 4.59. The van der Waals surface area contributed by atoms with Crippen LogP contribution >= 0.6 is 11.3 Å². The van der Waals surface area contributed by atoms with E-state index in [0.717, 1.165) is 29.3 Å². The van der Waals surface area contributed by atoms with Crippen molar-refractivity contribution >= 4 is 11.3 Å². The van der Waals surface area contributed by atoms with Crippen LogP contribution in [0.1, 0.15) is 23.5 Å². The predicted molar refractivity (Wildman–Crippen MR) is 89.6 cm³/mol. The summed E-state index contributed by atoms with van der Waals surface area (Å²) in [5.41, 5.74) is 0.753. The van der Waals surface area contributed by atoms with Crippen molar-refractivity contribution in [3.63, 3.8) is 0 Å². The molecule has 0 spiro atoms. The van der Waals surface area contributed by atoms with E-state index in [0.29, 0.717) is 26.4 Å². The van der Waals surface area contributed by atoms with Crippen LogP contribution in [-0.4, -0.2) is 35.5 Å². The molecule has 23 heavy (non-hydrogen) atoms. The maximum atomic E-state index is 9.68. The monoisotopic (exact) mass is 334 g/mol. The van der Waals surface area contributed by atoms with Crippen molar-refractivity contribution in [2.75, 3.05) is 19.8 Å². The van der Waals surface area contributed by atoms with Crippen LogP contribution in [0.5, 0.6) is 5.75 Å². The molecule has 3 rings (SSSR count). The minimum Gasteiger partial charge on any atom is -0.486 e. The largest absolute Gasteiger partial charge is 0.486 e. The highest BCUT2D eigenvalue weighted by atomic mass is 32.1. The molecule has 6 heteroatoms. The van der Waals surface area contributed by atoms with E-state index >= 15 is 0 Å². The molecular weight excluding hydrogens is 312 g/mol. The summed E-state index contributed by atoms with van der Waals surface area (Å²) in [6, 6.07) is 9.75. The van der Waals surface area contributed by atoms with E-state index in [2.05, 4.69) is 10.3 Å². The van der Waals surface area contributed by atoms with E-state index in [-0.39, 0.29) is 12.1 Å². The number of ether oxygens (including phenoxy) is 2. The third-order valence-corrected chi connectivity index (χ3v) is 4.97. The molecule has 1 aromatic heterocycles. The molecule has 2 heterocycles. The number of nitrogens with zero attached hydrogens (tertiary/aromatic N) is 1. The van der Waals surface area contributed by atoms with Gasteiger partial charge < -0.3 is 19.9 Å². The third-order valence-electron chi connectivity index (χ3n) is 4.10. The zero-order valence-electron chi connectivity index (χ0n) is 13.0. The van der Waals surface area contributed by atoms with Crippen molar-refractivity contribution < 1.29 is 14.6 Å². The van der Waals surface area contributed by atoms with Gasteiger partial charge in [0.2, 0.25) is 0 Å². The Balaban J connectivity index is 1.51. The van der Waals surface area contributed by atoms with Gasteiger partial charge in [-0.25, -0.2) is 4.98 Å². The Hall–Kier alpha value is -1.47. The van der Waals surface area contributed by atoms with Gasteiger partial charge in [-0.15, -0.1) is 11.3 Å². The Morgan fingerprint density at radius 2 is 2.04 bits per heavy atom. The van der Waals surface area contributed by atoms with Crippen LogP contribution in [0.3, 0.4) is 0 Å². The van der Waals surface area contributed by atoms with Crippen LogP contribution in [0.25, 0.3) is 0 Å². The van der Waals surface area contributed by atoms with E-state index in [1.807, 2.05) is 35.7 Å². The lowest BCUT2D eigenvalue weighted by molar-refractivity contribution is 0.0110. The lowest BCUT2D eigenvalue weighted by Crippen LogP contribution is -2.51. The molecule has 0 aliphatic carbocycles. The van der Waals surface area contributed by atoms with Gasteiger partial charge in [0.25, 0.3) is 0 Å². The number of hydrogen-bond acceptors (Lipinski definition) is 6. The second-order valence-corrected chi connectivity index (χ2v) is 6.68. The zero-order valence-corrected chi connectivity index (χ0v) is 13.8. The second-order valence-electron chi connectivity index (χ2n) is 5.74. The molecule has 2 aromatic rings. The van der Waals surface area contributed by atoms with Gasteiger partial charge in [0, 0.05) is 30.7 Å². The molecule has 0 atom stereocenters. The Kier molecular flexibility index (Phi) is 5.61. The number of para-hydroxylation sites is 1. The molecule has 1 aliphatic heterocycles. The fraction of sp³-hybridized carbons (Fsp3) is 0.471. The van der Waals surface area contributed by atoms with E-state index in [1.54, 1.807) is 11.3 Å². The highest BCUT2D eigenvalue weighted by Gasteiger charge is 2.31. The number of rotatable bonds is 7. The predicted octanol–water partition coefficient (Wildman–Crippen LogP) is 2.35. The lowest BCUT2D eigenvalue weighted by atomic mass is 9.91. The second kappa shape index (κ2) is 7.88. The van der Waals surface area contributed by atoms with Crippen LogP contribution < -0.4 is 10.1 Å². The Labute approximate surface area is 140 Å². The smallest absolute Gasteiger partial charge is 0.140 e. The van der Waals surface area contributed by atoms with Crippen molar-refractivity contribution in [2.24, 2.45) is 0 Å². The maximum Gasteiger partial charge on any atom is 0.140 e. The molecule has 0 unspecified atom stereocenters. The van der Waals surface area contributed by atoms with Gasteiger partial charge in [-0.2, -0.15) is 0 Å². The Morgan fingerprint density at radius 1 is 1.26 bits per heavy atom. The van der Waals surface area contributed by atoms with E-state index < -0.39 is 0 Å². The first kappa shape index (κ1) is 16.4. The molecule has 0 amide bonds. The van der Waals surface area contributed by atoms with E-state index in [1.165, 1.54) is 0 Å². The highest BCUT2D eigenvalue weighted by Crippen LogP contribution is 2.21. The lowest BCUT2D eigenvalue weighted by Gasteiger charge is -2.36. The number of benzene rings is 1. The number of aliphatic hydroxyl groups excluding tert-OH is 1. The number of nitrogens with one attached hydrogen (secondary N) is 1. The molecule has 0 saturated carbocycles. The fourth-order valence-electron chi connectivity index (χ4n) is 2.59. The van der Waals surface area contributed by atoms with Gasteiger partial charge >= 0.3 is 0 Å². The standard InChI is InChI=1S/C17H22N2O3S/c20-13-17(6-8-21-9-7-17)18-10-14-12-23-16(19-14)11-22-15-4-2-1-3-5-15/h1-5,12,18,20H,6-11,13H2. The van der Waals surface area contributed by atoms with Gasteiger partial charge in [0.1, 0.15) is 17.4 Å². The topological polar surface area (TPSA) is 63.6 Å². The van der Waals surface area contributed by atoms with E-state index in [4.69, 9.17) is 9.47 Å². The summed E-state index contributed by atoms with van der Waals surface area (Å²) in [7, 11) is 0. The molecule has 5 nitrogen and oxygen atoms in total. The molecule has 1 aliphatic rings. The number of hydrogen-bond donors (Lipinski definition) is 2. The highest BCUT2D eigenvalue weighted by molar-refractivity contribution is 7.09. The van der Waals surface area contributed by atoms with Gasteiger partial charge in [0.15, 0.2) is 0 Å². The summed E-state index contributed by atoms with van der Waals surface area (Å²) in [6.45, 7) is 2.65. The van der Waals surface area contributed by atoms with E-state index in [9.17, 15) is 5.11 Å². The van der Waals surface area contributed by atoms with Crippen molar-refractivity contribution in [2.45, 2.75) is 31.5 Å². The number of aromatic nitrogens is 1. The number of thiazole rings is 1. The normalized spacial score (nSPS) is 17.1. The average Bonchev–Trinajstić information content (AvgIpc) is 3.08. The Bertz CT molecular complexity index is 597. The molecule has 124 valence electrons. The summed E-state index contributed by atoms with van der Waals surface area (Å²) in [6.07, 6.45) is 1.66. The first-order valence-corrected chi connectivity index (χ1v) is 8.72. The summed E-state index contributed by atoms with van der Waals surface area (Å²) < 4.78 is 11.1. The van der Waals surface area contributed by atoms with Crippen LogP contribution in [-0.2, 0) is 17.9 Å². The van der Waals surface area contributed by atoms with Crippen molar-refractivity contribution in [1.82, 2.24) is 10.3 Å². The first-order valence-electron chi connectivity index (χ1n) is 7.84. The van der Waals surface area contributed by atoms with Crippen LogP contribution in [0, 0.1) is 0 Å². The fourth-order valence-corrected chi connectivity index (χ4v) is 3.29. The van der Waals surface area contributed by atoms with Crippen molar-refractivity contribution in [1.29, 1.82) is 0 Å². The molecule has 2 N–H and O–H groups in total. The SMILES string of the molecule is OCC1(NCc2csc(COc3ccccc3)n2)CCOCC1. The minimum atomic E-state index is -0.234. The first-order chi connectivity index (χ1) is 11.3. The number of aliphatic hydroxyl groups is 1. The molecule has 0 bridgehead atoms. The molecule has 1 aromatic carbocycles. The van der Waals surface area contributed by atoms with Gasteiger partial charge in [-0.05, 0) is 25.0 Å².